The van der Waals surface area contributed by atoms with Gasteiger partial charge in [0, 0.05) is 18.4 Å². The number of aromatic nitrogens is 1. The molecule has 8 heteroatoms. The molecule has 5 rings (SSSR count). The van der Waals surface area contributed by atoms with Crippen LogP contribution < -0.4 is 14.5 Å². The lowest BCUT2D eigenvalue weighted by atomic mass is 10.1. The van der Waals surface area contributed by atoms with Crippen molar-refractivity contribution in [3.8, 4) is 5.75 Å². The summed E-state index contributed by atoms with van der Waals surface area (Å²) in [7, 11) is 0. The van der Waals surface area contributed by atoms with Gasteiger partial charge in [0.15, 0.2) is 5.13 Å². The molecule has 2 heterocycles. The number of carbonyl (C=O) groups is 3. The number of thiazole rings is 1. The van der Waals surface area contributed by atoms with Crippen LogP contribution in [0.25, 0.3) is 10.2 Å². The molecule has 3 aromatic carbocycles. The van der Waals surface area contributed by atoms with Crippen LogP contribution in [-0.2, 0) is 16.1 Å². The first kappa shape index (κ1) is 22.7. The topological polar surface area (TPSA) is 79.8 Å². The highest BCUT2D eigenvalue weighted by atomic mass is 32.1. The Bertz CT molecular complexity index is 1380. The van der Waals surface area contributed by atoms with Crippen LogP contribution in [0.15, 0.2) is 72.8 Å². The van der Waals surface area contributed by atoms with Crippen LogP contribution in [0.1, 0.15) is 35.7 Å². The summed E-state index contributed by atoms with van der Waals surface area (Å²) in [4.78, 5) is 45.4. The number of nitrogens with zero attached hydrogens (tertiary/aromatic N) is 3. The summed E-state index contributed by atoms with van der Waals surface area (Å²) >= 11 is 1.43. The molecule has 0 saturated carbocycles. The normalized spacial score (nSPS) is 13.5. The SMILES string of the molecule is CCOc1ccc2nc(N(Cc3ccccc3)C(=O)c3ccc(N4C(=O)CCC4=O)cc3)sc2c1. The monoisotopic (exact) mass is 485 g/mol. The lowest BCUT2D eigenvalue weighted by Gasteiger charge is -2.21. The summed E-state index contributed by atoms with van der Waals surface area (Å²) in [6.07, 6.45) is 0.431. The average molecular weight is 486 g/mol. The van der Waals surface area contributed by atoms with E-state index in [4.69, 9.17) is 9.72 Å². The molecule has 1 aliphatic rings. The van der Waals surface area contributed by atoms with Crippen molar-refractivity contribution in [3.05, 3.63) is 83.9 Å². The Labute approximate surface area is 206 Å². The molecule has 0 unspecified atom stereocenters. The predicted molar refractivity (Wildman–Crippen MR) is 136 cm³/mol. The Hall–Kier alpha value is -4.04. The van der Waals surface area contributed by atoms with Gasteiger partial charge in [0.1, 0.15) is 5.75 Å². The van der Waals surface area contributed by atoms with Crippen LogP contribution >= 0.6 is 11.3 Å². The van der Waals surface area contributed by atoms with Crippen molar-refractivity contribution < 1.29 is 19.1 Å². The molecule has 35 heavy (non-hydrogen) atoms. The van der Waals surface area contributed by atoms with Crippen molar-refractivity contribution in [1.82, 2.24) is 4.98 Å². The average Bonchev–Trinajstić information content (AvgIpc) is 3.45. The van der Waals surface area contributed by atoms with Gasteiger partial charge in [-0.1, -0.05) is 41.7 Å². The Morgan fingerprint density at radius 3 is 2.40 bits per heavy atom. The zero-order valence-electron chi connectivity index (χ0n) is 19.1. The maximum atomic E-state index is 13.7. The van der Waals surface area contributed by atoms with E-state index in [2.05, 4.69) is 0 Å². The minimum absolute atomic E-state index is 0.215. The second-order valence-electron chi connectivity index (χ2n) is 8.11. The summed E-state index contributed by atoms with van der Waals surface area (Å²) in [5.74, 6) is 0.0997. The molecule has 0 atom stereocenters. The summed E-state index contributed by atoms with van der Waals surface area (Å²) in [5, 5.41) is 0.580. The fraction of sp³-hybridized carbons (Fsp3) is 0.185. The third-order valence-corrected chi connectivity index (χ3v) is 6.78. The van der Waals surface area contributed by atoms with E-state index < -0.39 is 0 Å². The number of hydrogen-bond donors (Lipinski definition) is 0. The third-order valence-electron chi connectivity index (χ3n) is 5.74. The Morgan fingerprint density at radius 1 is 1.00 bits per heavy atom. The number of benzene rings is 3. The highest BCUT2D eigenvalue weighted by Gasteiger charge is 2.30. The quantitative estimate of drug-likeness (QED) is 0.336. The summed E-state index contributed by atoms with van der Waals surface area (Å²) < 4.78 is 6.54. The molecule has 0 radical (unpaired) electrons. The first-order chi connectivity index (χ1) is 17.0. The van der Waals surface area contributed by atoms with E-state index in [0.29, 0.717) is 29.5 Å². The second-order valence-corrected chi connectivity index (χ2v) is 9.11. The maximum absolute atomic E-state index is 13.7. The van der Waals surface area contributed by atoms with Gasteiger partial charge in [-0.05, 0) is 55.0 Å². The summed E-state index contributed by atoms with van der Waals surface area (Å²) in [6.45, 7) is 2.85. The number of anilines is 2. The number of hydrogen-bond acceptors (Lipinski definition) is 6. The van der Waals surface area contributed by atoms with E-state index in [1.54, 1.807) is 29.2 Å². The molecule has 0 bridgehead atoms. The van der Waals surface area contributed by atoms with E-state index in [-0.39, 0.29) is 30.6 Å². The number of imide groups is 1. The van der Waals surface area contributed by atoms with E-state index in [0.717, 1.165) is 21.5 Å². The molecule has 1 saturated heterocycles. The van der Waals surface area contributed by atoms with Gasteiger partial charge in [0.05, 0.1) is 29.1 Å². The fourth-order valence-electron chi connectivity index (χ4n) is 4.03. The highest BCUT2D eigenvalue weighted by Crippen LogP contribution is 2.33. The Morgan fingerprint density at radius 2 is 1.71 bits per heavy atom. The molecule has 0 aliphatic carbocycles. The molecule has 176 valence electrons. The van der Waals surface area contributed by atoms with Gasteiger partial charge >= 0.3 is 0 Å². The van der Waals surface area contributed by atoms with Crippen LogP contribution in [-0.4, -0.2) is 29.3 Å². The van der Waals surface area contributed by atoms with Gasteiger partial charge in [0.25, 0.3) is 5.91 Å². The molecule has 1 aromatic heterocycles. The van der Waals surface area contributed by atoms with Crippen molar-refractivity contribution in [2.24, 2.45) is 0 Å². The van der Waals surface area contributed by atoms with Crippen LogP contribution in [0.2, 0.25) is 0 Å². The van der Waals surface area contributed by atoms with Gasteiger partial charge < -0.3 is 4.74 Å². The zero-order chi connectivity index (χ0) is 24.4. The summed E-state index contributed by atoms with van der Waals surface area (Å²) in [6, 6.07) is 22.0. The lowest BCUT2D eigenvalue weighted by Crippen LogP contribution is -2.31. The smallest absolute Gasteiger partial charge is 0.260 e. The molecule has 4 aromatic rings. The van der Waals surface area contributed by atoms with E-state index in [1.807, 2.05) is 55.5 Å². The van der Waals surface area contributed by atoms with Crippen LogP contribution in [0.4, 0.5) is 10.8 Å². The third kappa shape index (κ3) is 4.65. The molecular formula is C27H23N3O4S. The van der Waals surface area contributed by atoms with E-state index in [9.17, 15) is 14.4 Å². The predicted octanol–water partition coefficient (Wildman–Crippen LogP) is 5.20. The molecule has 0 N–H and O–H groups in total. The first-order valence-electron chi connectivity index (χ1n) is 11.4. The number of ether oxygens (including phenoxy) is 1. The van der Waals surface area contributed by atoms with Gasteiger partial charge in [0.2, 0.25) is 11.8 Å². The molecule has 1 aliphatic heterocycles. The van der Waals surface area contributed by atoms with Crippen LogP contribution in [0, 0.1) is 0 Å². The molecular weight excluding hydrogens is 462 g/mol. The molecule has 0 spiro atoms. The number of fused-ring (bicyclic) bond motifs is 1. The van der Waals surface area contributed by atoms with Crippen LogP contribution in [0.3, 0.4) is 0 Å². The van der Waals surface area contributed by atoms with Crippen molar-refractivity contribution in [2.45, 2.75) is 26.3 Å². The fourth-order valence-corrected chi connectivity index (χ4v) is 5.02. The van der Waals surface area contributed by atoms with Crippen molar-refractivity contribution in [3.63, 3.8) is 0 Å². The number of rotatable bonds is 7. The summed E-state index contributed by atoms with van der Waals surface area (Å²) in [5.41, 5.74) is 2.69. The van der Waals surface area contributed by atoms with Crippen LogP contribution in [0.5, 0.6) is 5.75 Å². The maximum Gasteiger partial charge on any atom is 0.260 e. The standard InChI is InChI=1S/C27H23N3O4S/c1-2-34-21-12-13-22-23(16-21)35-27(28-22)29(17-18-6-4-3-5-7-18)26(33)19-8-10-20(11-9-19)30-24(31)14-15-25(30)32/h3-13,16H,2,14-15,17H2,1H3. The Kier molecular flexibility index (Phi) is 6.29. The first-order valence-corrected chi connectivity index (χ1v) is 12.2. The second kappa shape index (κ2) is 9.68. The number of amides is 3. The zero-order valence-corrected chi connectivity index (χ0v) is 20.0. The molecule has 1 fully saturated rings. The largest absolute Gasteiger partial charge is 0.494 e. The van der Waals surface area contributed by atoms with E-state index in [1.165, 1.54) is 16.2 Å². The lowest BCUT2D eigenvalue weighted by molar-refractivity contribution is -0.121. The van der Waals surface area contributed by atoms with Gasteiger partial charge in [-0.15, -0.1) is 0 Å². The minimum Gasteiger partial charge on any atom is -0.494 e. The van der Waals surface area contributed by atoms with Crippen molar-refractivity contribution in [1.29, 1.82) is 0 Å². The van der Waals surface area contributed by atoms with Crippen molar-refractivity contribution >= 4 is 50.1 Å². The van der Waals surface area contributed by atoms with Crippen molar-refractivity contribution in [2.75, 3.05) is 16.4 Å². The van der Waals surface area contributed by atoms with Gasteiger partial charge in [-0.25, -0.2) is 4.98 Å². The Balaban J connectivity index is 1.48. The highest BCUT2D eigenvalue weighted by molar-refractivity contribution is 7.22. The minimum atomic E-state index is -0.222. The molecule has 3 amide bonds. The molecule has 7 nitrogen and oxygen atoms in total. The van der Waals surface area contributed by atoms with Gasteiger partial charge in [-0.3, -0.25) is 24.2 Å². The van der Waals surface area contributed by atoms with Gasteiger partial charge in [-0.2, -0.15) is 0 Å². The van der Waals surface area contributed by atoms with E-state index >= 15 is 0 Å². The number of carbonyl (C=O) groups excluding carboxylic acids is 3.